The minimum Gasteiger partial charge on any atom is -0.271 e. The first-order valence-corrected chi connectivity index (χ1v) is 8.47. The zero-order valence-electron chi connectivity index (χ0n) is 11.2. The third-order valence-electron chi connectivity index (χ3n) is 4.72. The maximum atomic E-state index is 5.86. The Labute approximate surface area is 110 Å². The lowest BCUT2D eigenvalue weighted by Crippen LogP contribution is -2.49. The lowest BCUT2D eigenvalue weighted by atomic mass is 9.75. The molecule has 0 aromatic carbocycles. The van der Waals surface area contributed by atoms with Gasteiger partial charge < -0.3 is 0 Å². The van der Waals surface area contributed by atoms with E-state index in [2.05, 4.69) is 24.1 Å². The van der Waals surface area contributed by atoms with Crippen molar-refractivity contribution in [1.82, 2.24) is 5.43 Å². The molecule has 17 heavy (non-hydrogen) atoms. The lowest BCUT2D eigenvalue weighted by molar-refractivity contribution is 0.203. The Kier molecular flexibility index (Phi) is 5.64. The second kappa shape index (κ2) is 7.01. The second-order valence-corrected chi connectivity index (χ2v) is 7.15. The molecule has 100 valence electrons. The number of hydrazine groups is 1. The molecule has 4 unspecified atom stereocenters. The second-order valence-electron chi connectivity index (χ2n) is 5.80. The minimum absolute atomic E-state index is 0.564. The SMILES string of the molecule is CCC1CCCC(C(NN)C2CCCCS2)C1. The van der Waals surface area contributed by atoms with Gasteiger partial charge in [0.2, 0.25) is 0 Å². The summed E-state index contributed by atoms with van der Waals surface area (Å²) in [6, 6.07) is 0.564. The summed E-state index contributed by atoms with van der Waals surface area (Å²) in [6.07, 6.45) is 11.2. The smallest absolute Gasteiger partial charge is 0.0357 e. The molecule has 0 bridgehead atoms. The summed E-state index contributed by atoms with van der Waals surface area (Å²) < 4.78 is 0. The van der Waals surface area contributed by atoms with E-state index in [4.69, 9.17) is 5.84 Å². The highest BCUT2D eigenvalue weighted by molar-refractivity contribution is 8.00. The van der Waals surface area contributed by atoms with Crippen molar-refractivity contribution in [2.75, 3.05) is 5.75 Å². The molecule has 1 saturated carbocycles. The predicted molar refractivity (Wildman–Crippen MR) is 76.9 cm³/mol. The summed E-state index contributed by atoms with van der Waals surface area (Å²) in [7, 11) is 0. The molecule has 3 heteroatoms. The van der Waals surface area contributed by atoms with E-state index in [-0.39, 0.29) is 0 Å². The zero-order valence-corrected chi connectivity index (χ0v) is 12.0. The van der Waals surface area contributed by atoms with Crippen LogP contribution in [0.1, 0.15) is 58.3 Å². The van der Waals surface area contributed by atoms with Gasteiger partial charge in [-0.1, -0.05) is 32.6 Å². The molecule has 1 aliphatic carbocycles. The van der Waals surface area contributed by atoms with E-state index in [9.17, 15) is 0 Å². The highest BCUT2D eigenvalue weighted by Crippen LogP contribution is 2.38. The van der Waals surface area contributed by atoms with Crippen LogP contribution in [0.25, 0.3) is 0 Å². The van der Waals surface area contributed by atoms with Gasteiger partial charge in [-0.05, 0) is 43.3 Å². The molecule has 2 aliphatic rings. The normalized spacial score (nSPS) is 36.7. The Morgan fingerprint density at radius 2 is 2.12 bits per heavy atom. The van der Waals surface area contributed by atoms with Crippen LogP contribution < -0.4 is 11.3 Å². The van der Waals surface area contributed by atoms with Crippen LogP contribution in [0.3, 0.4) is 0 Å². The van der Waals surface area contributed by atoms with Gasteiger partial charge >= 0.3 is 0 Å². The van der Waals surface area contributed by atoms with Crippen molar-refractivity contribution in [2.45, 2.75) is 69.6 Å². The molecule has 0 radical (unpaired) electrons. The van der Waals surface area contributed by atoms with Gasteiger partial charge in [0, 0.05) is 11.3 Å². The summed E-state index contributed by atoms with van der Waals surface area (Å²) in [6.45, 7) is 2.34. The van der Waals surface area contributed by atoms with E-state index in [0.29, 0.717) is 6.04 Å². The Morgan fingerprint density at radius 1 is 1.24 bits per heavy atom. The molecule has 0 aromatic heterocycles. The van der Waals surface area contributed by atoms with Crippen LogP contribution in [0.2, 0.25) is 0 Å². The third kappa shape index (κ3) is 3.62. The molecular formula is C14H28N2S. The molecule has 3 N–H and O–H groups in total. The van der Waals surface area contributed by atoms with Crippen LogP contribution in [0, 0.1) is 11.8 Å². The van der Waals surface area contributed by atoms with Gasteiger partial charge in [-0.3, -0.25) is 11.3 Å². The highest BCUT2D eigenvalue weighted by Gasteiger charge is 2.33. The molecule has 1 aliphatic heterocycles. The number of nitrogens with one attached hydrogen (secondary N) is 1. The lowest BCUT2D eigenvalue weighted by Gasteiger charge is -2.39. The zero-order chi connectivity index (χ0) is 12.1. The van der Waals surface area contributed by atoms with E-state index in [1.165, 1.54) is 57.1 Å². The quantitative estimate of drug-likeness (QED) is 0.598. The first kappa shape index (κ1) is 13.7. The summed E-state index contributed by atoms with van der Waals surface area (Å²) in [5, 5.41) is 0.773. The summed E-state index contributed by atoms with van der Waals surface area (Å²) in [4.78, 5) is 0. The van der Waals surface area contributed by atoms with E-state index < -0.39 is 0 Å². The number of rotatable bonds is 4. The maximum absolute atomic E-state index is 5.86. The van der Waals surface area contributed by atoms with Crippen LogP contribution in [0.4, 0.5) is 0 Å². The van der Waals surface area contributed by atoms with E-state index >= 15 is 0 Å². The molecular weight excluding hydrogens is 228 g/mol. The largest absolute Gasteiger partial charge is 0.271 e. The van der Waals surface area contributed by atoms with Crippen LogP contribution in [0.5, 0.6) is 0 Å². The van der Waals surface area contributed by atoms with Crippen LogP contribution in [-0.4, -0.2) is 17.0 Å². The Balaban J connectivity index is 1.91. The van der Waals surface area contributed by atoms with Gasteiger partial charge in [0.1, 0.15) is 0 Å². The van der Waals surface area contributed by atoms with Crippen molar-refractivity contribution in [3.63, 3.8) is 0 Å². The van der Waals surface area contributed by atoms with Crippen LogP contribution in [-0.2, 0) is 0 Å². The van der Waals surface area contributed by atoms with E-state index in [1.54, 1.807) is 0 Å². The predicted octanol–water partition coefficient (Wildman–Crippen LogP) is 3.32. The van der Waals surface area contributed by atoms with Gasteiger partial charge in [0.05, 0.1) is 0 Å². The van der Waals surface area contributed by atoms with Gasteiger partial charge in [-0.2, -0.15) is 11.8 Å². The third-order valence-corrected chi connectivity index (χ3v) is 6.20. The molecule has 0 amide bonds. The van der Waals surface area contributed by atoms with Crippen LogP contribution >= 0.6 is 11.8 Å². The monoisotopic (exact) mass is 256 g/mol. The van der Waals surface area contributed by atoms with Crippen molar-refractivity contribution in [3.05, 3.63) is 0 Å². The van der Waals surface area contributed by atoms with E-state index in [1.807, 2.05) is 0 Å². The Morgan fingerprint density at radius 3 is 2.76 bits per heavy atom. The molecule has 1 heterocycles. The first-order chi connectivity index (χ1) is 8.35. The maximum Gasteiger partial charge on any atom is 0.0357 e. The fourth-order valence-corrected chi connectivity index (χ4v) is 5.14. The number of hydrogen-bond donors (Lipinski definition) is 2. The molecule has 2 nitrogen and oxygen atoms in total. The number of nitrogens with two attached hydrogens (primary N) is 1. The number of thioether (sulfide) groups is 1. The topological polar surface area (TPSA) is 38.0 Å². The standard InChI is InChI=1S/C14H28N2S/c1-2-11-6-5-7-12(10-11)14(16-15)13-8-3-4-9-17-13/h11-14,16H,2-10,15H2,1H3. The fourth-order valence-electron chi connectivity index (χ4n) is 3.63. The van der Waals surface area contributed by atoms with Gasteiger partial charge in [-0.25, -0.2) is 0 Å². The molecule has 2 rings (SSSR count). The molecule has 1 saturated heterocycles. The van der Waals surface area contributed by atoms with Gasteiger partial charge in [-0.15, -0.1) is 0 Å². The van der Waals surface area contributed by atoms with Gasteiger partial charge in [0.15, 0.2) is 0 Å². The van der Waals surface area contributed by atoms with Crippen molar-refractivity contribution in [3.8, 4) is 0 Å². The van der Waals surface area contributed by atoms with Crippen molar-refractivity contribution in [1.29, 1.82) is 0 Å². The Bertz CT molecular complexity index is 216. The first-order valence-electron chi connectivity index (χ1n) is 7.42. The van der Waals surface area contributed by atoms with Crippen LogP contribution in [0.15, 0.2) is 0 Å². The number of hydrogen-bond acceptors (Lipinski definition) is 3. The van der Waals surface area contributed by atoms with Crippen molar-refractivity contribution >= 4 is 11.8 Å². The summed E-state index contributed by atoms with van der Waals surface area (Å²) in [5.74, 6) is 8.98. The minimum atomic E-state index is 0.564. The molecule has 2 fully saturated rings. The summed E-state index contributed by atoms with van der Waals surface area (Å²) in [5.41, 5.74) is 3.17. The molecule has 0 aromatic rings. The average Bonchev–Trinajstić information content (AvgIpc) is 2.41. The van der Waals surface area contributed by atoms with Gasteiger partial charge in [0.25, 0.3) is 0 Å². The molecule has 0 spiro atoms. The fraction of sp³-hybridized carbons (Fsp3) is 1.00. The summed E-state index contributed by atoms with van der Waals surface area (Å²) >= 11 is 2.16. The highest BCUT2D eigenvalue weighted by atomic mass is 32.2. The molecule has 4 atom stereocenters. The average molecular weight is 256 g/mol. The Hall–Kier alpha value is 0.270. The van der Waals surface area contributed by atoms with Crippen molar-refractivity contribution < 1.29 is 0 Å². The van der Waals surface area contributed by atoms with Crippen molar-refractivity contribution in [2.24, 2.45) is 17.7 Å². The van der Waals surface area contributed by atoms with E-state index in [0.717, 1.165) is 17.1 Å².